The van der Waals surface area contributed by atoms with E-state index in [1.807, 2.05) is 91.0 Å². The Morgan fingerprint density at radius 3 is 1.83 bits per heavy atom. The molecule has 0 aliphatic carbocycles. The number of rotatable bonds is 8. The minimum Gasteiger partial charge on any atom is -0.508 e. The molecule has 5 aromatic carbocycles. The first-order chi connectivity index (χ1) is 20.1. The van der Waals surface area contributed by atoms with Gasteiger partial charge in [-0.2, -0.15) is 0 Å². The van der Waals surface area contributed by atoms with Crippen LogP contribution in [0, 0.1) is 0 Å². The minimum absolute atomic E-state index is 0.00577. The van der Waals surface area contributed by atoms with Crippen LogP contribution >= 0.6 is 0 Å². The molecule has 6 aromatic rings. The smallest absolute Gasteiger partial charge is 0.204 e. The van der Waals surface area contributed by atoms with Crippen LogP contribution in [-0.2, 0) is 13.2 Å². The molecule has 0 bridgehead atoms. The maximum Gasteiger partial charge on any atom is 0.204 e. The number of hydrogen-bond acceptors (Lipinski definition) is 6. The third-order valence-corrected chi connectivity index (χ3v) is 6.70. The second kappa shape index (κ2) is 11.3. The first-order valence-corrected chi connectivity index (χ1v) is 13.1. The zero-order chi connectivity index (χ0) is 28.2. The fraction of sp³-hybridized carbons (Fsp3) is 0.0571. The molecule has 6 nitrogen and oxygen atoms in total. The van der Waals surface area contributed by atoms with E-state index in [0.717, 1.165) is 17.2 Å². The normalized spacial score (nSPS) is 10.9. The lowest BCUT2D eigenvalue weighted by atomic mass is 9.98. The highest BCUT2D eigenvalue weighted by molar-refractivity contribution is 5.93. The topological polar surface area (TPSA) is 89.1 Å². The van der Waals surface area contributed by atoms with Gasteiger partial charge >= 0.3 is 0 Å². The largest absolute Gasteiger partial charge is 0.508 e. The van der Waals surface area contributed by atoms with Crippen LogP contribution in [0.15, 0.2) is 131 Å². The summed E-state index contributed by atoms with van der Waals surface area (Å²) in [5, 5.41) is 20.6. The third-order valence-electron chi connectivity index (χ3n) is 6.70. The first kappa shape index (κ1) is 25.8. The number of hydrogen-bond donors (Lipinski definition) is 2. The molecular weight excluding hydrogens is 516 g/mol. The molecule has 0 spiro atoms. The summed E-state index contributed by atoms with van der Waals surface area (Å²) >= 11 is 0. The molecule has 0 aliphatic heterocycles. The second-order valence-corrected chi connectivity index (χ2v) is 9.55. The molecule has 6 heteroatoms. The van der Waals surface area contributed by atoms with Gasteiger partial charge in [-0.15, -0.1) is 0 Å². The van der Waals surface area contributed by atoms with Crippen LogP contribution in [0.1, 0.15) is 11.1 Å². The van der Waals surface area contributed by atoms with Gasteiger partial charge in [0.1, 0.15) is 41.4 Å². The Morgan fingerprint density at radius 2 is 1.20 bits per heavy atom. The number of phenols is 2. The fourth-order valence-corrected chi connectivity index (χ4v) is 4.71. The van der Waals surface area contributed by atoms with Gasteiger partial charge in [-0.05, 0) is 34.9 Å². The van der Waals surface area contributed by atoms with E-state index in [1.165, 1.54) is 6.07 Å². The molecule has 0 saturated heterocycles. The molecule has 0 radical (unpaired) electrons. The molecule has 6 rings (SSSR count). The average molecular weight is 543 g/mol. The van der Waals surface area contributed by atoms with E-state index in [1.54, 1.807) is 18.2 Å². The van der Waals surface area contributed by atoms with E-state index in [2.05, 4.69) is 0 Å². The number of ether oxygens (including phenoxy) is 2. The molecule has 0 saturated carbocycles. The zero-order valence-corrected chi connectivity index (χ0v) is 22.0. The Labute approximate surface area is 236 Å². The lowest BCUT2D eigenvalue weighted by Gasteiger charge is -2.16. The van der Waals surface area contributed by atoms with Crippen molar-refractivity contribution >= 4 is 11.0 Å². The van der Waals surface area contributed by atoms with Gasteiger partial charge in [-0.1, -0.05) is 91.0 Å². The van der Waals surface area contributed by atoms with E-state index >= 15 is 0 Å². The van der Waals surface area contributed by atoms with Gasteiger partial charge in [-0.3, -0.25) is 4.79 Å². The Kier molecular flexibility index (Phi) is 7.11. The van der Waals surface area contributed by atoms with Gasteiger partial charge in [0, 0.05) is 17.7 Å². The van der Waals surface area contributed by atoms with Crippen LogP contribution in [0.3, 0.4) is 0 Å². The Balaban J connectivity index is 1.49. The third kappa shape index (κ3) is 5.49. The van der Waals surface area contributed by atoms with E-state index in [-0.39, 0.29) is 33.8 Å². The standard InChI is InChI=1S/C35H26O6/c36-27-19-28(37)33-31(20-27)41-35(32(34(33)38)25-14-8-3-9-15-25)26-16-17-29(39-21-23-10-4-1-5-11-23)30(18-26)40-22-24-12-6-2-7-13-24/h1-20,36-37H,21-22H2. The van der Waals surface area contributed by atoms with E-state index < -0.39 is 5.43 Å². The number of benzene rings is 5. The SMILES string of the molecule is O=c1c(-c2ccccc2)c(-c2ccc(OCc3ccccc3)c(OCc3ccccc3)c2)oc2cc(O)cc(O)c12. The predicted molar refractivity (Wildman–Crippen MR) is 158 cm³/mol. The molecule has 0 unspecified atom stereocenters. The number of aromatic hydroxyl groups is 2. The second-order valence-electron chi connectivity index (χ2n) is 9.55. The predicted octanol–water partition coefficient (Wildman–Crippen LogP) is 7.70. The molecule has 1 heterocycles. The first-order valence-electron chi connectivity index (χ1n) is 13.1. The number of fused-ring (bicyclic) bond motifs is 1. The van der Waals surface area contributed by atoms with Gasteiger partial charge in [0.2, 0.25) is 5.43 Å². The summed E-state index contributed by atoms with van der Waals surface area (Å²) in [5.74, 6) is 0.719. The maximum atomic E-state index is 13.8. The van der Waals surface area contributed by atoms with Gasteiger partial charge in [-0.25, -0.2) is 0 Å². The Hall–Kier alpha value is -5.49. The monoisotopic (exact) mass is 542 g/mol. The van der Waals surface area contributed by atoms with Crippen LogP contribution in [0.2, 0.25) is 0 Å². The van der Waals surface area contributed by atoms with E-state index in [9.17, 15) is 15.0 Å². The van der Waals surface area contributed by atoms with Gasteiger partial charge in [0.15, 0.2) is 11.5 Å². The molecule has 41 heavy (non-hydrogen) atoms. The Bertz CT molecular complexity index is 1860. The average Bonchev–Trinajstić information content (AvgIpc) is 3.00. The Morgan fingerprint density at radius 1 is 0.610 bits per heavy atom. The molecule has 0 atom stereocenters. The van der Waals surface area contributed by atoms with Crippen molar-refractivity contribution in [3.8, 4) is 45.4 Å². The molecule has 202 valence electrons. The van der Waals surface area contributed by atoms with E-state index in [4.69, 9.17) is 13.9 Å². The molecule has 1 aromatic heterocycles. The number of phenolic OH excluding ortho intramolecular Hbond substituents is 2. The molecule has 0 aliphatic rings. The lowest BCUT2D eigenvalue weighted by Crippen LogP contribution is -2.08. The molecule has 0 amide bonds. The van der Waals surface area contributed by atoms with Crippen molar-refractivity contribution in [2.75, 3.05) is 0 Å². The summed E-state index contributed by atoms with van der Waals surface area (Å²) in [4.78, 5) is 13.8. The zero-order valence-electron chi connectivity index (χ0n) is 22.0. The van der Waals surface area contributed by atoms with Crippen LogP contribution in [0.25, 0.3) is 33.4 Å². The molecule has 2 N–H and O–H groups in total. The maximum absolute atomic E-state index is 13.8. The lowest BCUT2D eigenvalue weighted by molar-refractivity contribution is 0.256. The van der Waals surface area contributed by atoms with Crippen molar-refractivity contribution < 1.29 is 24.1 Å². The van der Waals surface area contributed by atoms with Crippen LogP contribution in [0.5, 0.6) is 23.0 Å². The summed E-state index contributed by atoms with van der Waals surface area (Å²) in [7, 11) is 0. The highest BCUT2D eigenvalue weighted by Crippen LogP contribution is 2.40. The van der Waals surface area contributed by atoms with Crippen LogP contribution < -0.4 is 14.9 Å². The summed E-state index contributed by atoms with van der Waals surface area (Å²) in [6.07, 6.45) is 0. The highest BCUT2D eigenvalue weighted by Gasteiger charge is 2.22. The highest BCUT2D eigenvalue weighted by atomic mass is 16.5. The summed E-state index contributed by atoms with van der Waals surface area (Å²) < 4.78 is 18.7. The van der Waals surface area contributed by atoms with Crippen molar-refractivity contribution in [2.24, 2.45) is 0 Å². The van der Waals surface area contributed by atoms with Crippen LogP contribution in [0.4, 0.5) is 0 Å². The molecular formula is C35H26O6. The van der Waals surface area contributed by atoms with Crippen LogP contribution in [-0.4, -0.2) is 10.2 Å². The van der Waals surface area contributed by atoms with Crippen molar-refractivity contribution in [1.29, 1.82) is 0 Å². The van der Waals surface area contributed by atoms with Gasteiger partial charge < -0.3 is 24.1 Å². The minimum atomic E-state index is -0.416. The summed E-state index contributed by atoms with van der Waals surface area (Å²) in [6, 6.07) is 36.6. The van der Waals surface area contributed by atoms with Gasteiger partial charge in [0.25, 0.3) is 0 Å². The molecule has 0 fully saturated rings. The quantitative estimate of drug-likeness (QED) is 0.205. The van der Waals surface area contributed by atoms with Crippen molar-refractivity contribution in [2.45, 2.75) is 13.2 Å². The summed E-state index contributed by atoms with van der Waals surface area (Å²) in [6.45, 7) is 0.654. The fourth-order valence-electron chi connectivity index (χ4n) is 4.71. The van der Waals surface area contributed by atoms with Crippen molar-refractivity contribution in [1.82, 2.24) is 0 Å². The van der Waals surface area contributed by atoms with E-state index in [0.29, 0.717) is 35.8 Å². The van der Waals surface area contributed by atoms with Crippen molar-refractivity contribution in [3.05, 3.63) is 143 Å². The van der Waals surface area contributed by atoms with Crippen molar-refractivity contribution in [3.63, 3.8) is 0 Å². The summed E-state index contributed by atoms with van der Waals surface area (Å²) in [5.41, 5.74) is 3.13. The van der Waals surface area contributed by atoms with Gasteiger partial charge in [0.05, 0.1) is 5.56 Å².